The Bertz CT molecular complexity index is 483. The first kappa shape index (κ1) is 15.1. The van der Waals surface area contributed by atoms with E-state index in [9.17, 15) is 0 Å². The Morgan fingerprint density at radius 2 is 2.05 bits per heavy atom. The van der Waals surface area contributed by atoms with Crippen LogP contribution in [0.15, 0.2) is 18.2 Å². The van der Waals surface area contributed by atoms with E-state index in [1.807, 2.05) is 12.1 Å². The van der Waals surface area contributed by atoms with E-state index in [0.29, 0.717) is 17.4 Å². The molecule has 4 heteroatoms. The van der Waals surface area contributed by atoms with Gasteiger partial charge in [-0.25, -0.2) is 0 Å². The minimum atomic E-state index is -0.00570. The van der Waals surface area contributed by atoms with Gasteiger partial charge in [-0.2, -0.15) is 0 Å². The van der Waals surface area contributed by atoms with E-state index < -0.39 is 0 Å². The van der Waals surface area contributed by atoms with Crippen molar-refractivity contribution in [3.05, 3.63) is 28.8 Å². The molecule has 1 heterocycles. The van der Waals surface area contributed by atoms with Crippen LogP contribution in [0.3, 0.4) is 0 Å². The number of aliphatic hydroxyl groups is 1. The highest BCUT2D eigenvalue weighted by Gasteiger charge is 2.40. The van der Waals surface area contributed by atoms with E-state index >= 15 is 0 Å². The third kappa shape index (κ3) is 3.53. The van der Waals surface area contributed by atoms with Crippen molar-refractivity contribution in [1.82, 2.24) is 0 Å². The molecule has 2 fully saturated rings. The van der Waals surface area contributed by atoms with Crippen LogP contribution < -0.4 is 4.74 Å². The number of benzene rings is 1. The van der Waals surface area contributed by atoms with Gasteiger partial charge in [0.25, 0.3) is 0 Å². The average Bonchev–Trinajstić information content (AvgIpc) is 2.89. The second kappa shape index (κ2) is 6.55. The van der Waals surface area contributed by atoms with Gasteiger partial charge < -0.3 is 14.6 Å². The first-order valence-electron chi connectivity index (χ1n) is 7.91. The monoisotopic (exact) mass is 310 g/mol. The lowest BCUT2D eigenvalue weighted by Gasteiger charge is -2.33. The fourth-order valence-electron chi connectivity index (χ4n) is 3.52. The SMILES string of the molecule is OCc1ccc(OCC2CCC3(CCCCC3)O2)c(Cl)c1. The lowest BCUT2D eigenvalue weighted by molar-refractivity contribution is -0.0748. The first-order valence-corrected chi connectivity index (χ1v) is 8.28. The fourth-order valence-corrected chi connectivity index (χ4v) is 3.78. The van der Waals surface area contributed by atoms with E-state index in [0.717, 1.165) is 18.4 Å². The highest BCUT2D eigenvalue weighted by Crippen LogP contribution is 2.42. The highest BCUT2D eigenvalue weighted by molar-refractivity contribution is 6.32. The molecule has 1 unspecified atom stereocenters. The van der Waals surface area contributed by atoms with Gasteiger partial charge in [0.05, 0.1) is 23.3 Å². The summed E-state index contributed by atoms with van der Waals surface area (Å²) in [7, 11) is 0. The smallest absolute Gasteiger partial charge is 0.138 e. The van der Waals surface area contributed by atoms with Crippen molar-refractivity contribution >= 4 is 11.6 Å². The molecule has 1 aromatic carbocycles. The fraction of sp³-hybridized carbons (Fsp3) is 0.647. The van der Waals surface area contributed by atoms with Crippen LogP contribution in [0.4, 0.5) is 0 Å². The van der Waals surface area contributed by atoms with E-state index in [2.05, 4.69) is 0 Å². The lowest BCUT2D eigenvalue weighted by atomic mass is 9.83. The van der Waals surface area contributed by atoms with Crippen LogP contribution >= 0.6 is 11.6 Å². The third-order valence-electron chi connectivity index (χ3n) is 4.71. The van der Waals surface area contributed by atoms with Crippen LogP contribution in [0.25, 0.3) is 0 Å². The van der Waals surface area contributed by atoms with Crippen LogP contribution in [-0.4, -0.2) is 23.4 Å². The van der Waals surface area contributed by atoms with Crippen molar-refractivity contribution in [2.24, 2.45) is 0 Å². The van der Waals surface area contributed by atoms with Crippen molar-refractivity contribution in [3.8, 4) is 5.75 Å². The van der Waals surface area contributed by atoms with Crippen molar-refractivity contribution in [3.63, 3.8) is 0 Å². The van der Waals surface area contributed by atoms with Gasteiger partial charge in [-0.05, 0) is 43.4 Å². The maximum absolute atomic E-state index is 9.08. The van der Waals surface area contributed by atoms with Gasteiger partial charge in [0.1, 0.15) is 12.4 Å². The van der Waals surface area contributed by atoms with Gasteiger partial charge in [-0.15, -0.1) is 0 Å². The van der Waals surface area contributed by atoms with Gasteiger partial charge in [0.2, 0.25) is 0 Å². The summed E-state index contributed by atoms with van der Waals surface area (Å²) in [6.07, 6.45) is 8.76. The standard InChI is InChI=1S/C17H23ClO3/c18-15-10-13(11-19)4-5-16(15)20-12-14-6-9-17(21-14)7-2-1-3-8-17/h4-5,10,14,19H,1-3,6-9,11-12H2. The lowest BCUT2D eigenvalue weighted by Crippen LogP contribution is -2.32. The average molecular weight is 311 g/mol. The molecule has 116 valence electrons. The molecule has 1 aliphatic heterocycles. The van der Waals surface area contributed by atoms with Gasteiger partial charge in [-0.3, -0.25) is 0 Å². The second-order valence-corrected chi connectivity index (χ2v) is 6.66. The van der Waals surface area contributed by atoms with Crippen LogP contribution in [0, 0.1) is 0 Å². The molecule has 1 saturated carbocycles. The molecule has 1 spiro atoms. The molecule has 3 rings (SSSR count). The van der Waals surface area contributed by atoms with E-state index in [1.165, 1.54) is 32.1 Å². The quantitative estimate of drug-likeness (QED) is 0.910. The summed E-state index contributed by atoms with van der Waals surface area (Å²) in [4.78, 5) is 0. The van der Waals surface area contributed by atoms with Crippen LogP contribution in [0.5, 0.6) is 5.75 Å². The topological polar surface area (TPSA) is 38.7 Å². The molecule has 1 N–H and O–H groups in total. The van der Waals surface area contributed by atoms with Crippen LogP contribution in [0.1, 0.15) is 50.5 Å². The number of ether oxygens (including phenoxy) is 2. The molecule has 2 aliphatic rings. The molecule has 0 amide bonds. The molecule has 3 nitrogen and oxygen atoms in total. The maximum Gasteiger partial charge on any atom is 0.138 e. The predicted octanol–water partition coefficient (Wildman–Crippen LogP) is 4.09. The first-order chi connectivity index (χ1) is 10.2. The van der Waals surface area contributed by atoms with Crippen molar-refractivity contribution < 1.29 is 14.6 Å². The molecule has 0 radical (unpaired) electrons. The summed E-state index contributed by atoms with van der Waals surface area (Å²) in [5.74, 6) is 0.669. The Labute approximate surface area is 131 Å². The Morgan fingerprint density at radius 3 is 2.76 bits per heavy atom. The number of hydrogen-bond donors (Lipinski definition) is 1. The predicted molar refractivity (Wildman–Crippen MR) is 82.8 cm³/mol. The molecule has 21 heavy (non-hydrogen) atoms. The van der Waals surface area contributed by atoms with E-state index in [-0.39, 0.29) is 18.3 Å². The van der Waals surface area contributed by atoms with Gasteiger partial charge in [-0.1, -0.05) is 36.9 Å². The highest BCUT2D eigenvalue weighted by atomic mass is 35.5. The normalized spacial score (nSPS) is 24.4. The van der Waals surface area contributed by atoms with Crippen molar-refractivity contribution in [2.75, 3.05) is 6.61 Å². The minimum Gasteiger partial charge on any atom is -0.489 e. The zero-order chi connectivity index (χ0) is 14.7. The Balaban J connectivity index is 1.54. The number of aliphatic hydroxyl groups excluding tert-OH is 1. The molecule has 1 saturated heterocycles. The van der Waals surface area contributed by atoms with Gasteiger partial charge in [0, 0.05) is 0 Å². The zero-order valence-electron chi connectivity index (χ0n) is 12.3. The number of rotatable bonds is 4. The Morgan fingerprint density at radius 1 is 1.24 bits per heavy atom. The zero-order valence-corrected chi connectivity index (χ0v) is 13.1. The molecule has 1 aromatic rings. The van der Waals surface area contributed by atoms with Crippen molar-refractivity contribution in [1.29, 1.82) is 0 Å². The summed E-state index contributed by atoms with van der Waals surface area (Å²) in [5.41, 5.74) is 0.933. The third-order valence-corrected chi connectivity index (χ3v) is 5.00. The number of hydrogen-bond acceptors (Lipinski definition) is 3. The summed E-state index contributed by atoms with van der Waals surface area (Å²) in [6.45, 7) is 0.550. The maximum atomic E-state index is 9.08. The largest absolute Gasteiger partial charge is 0.489 e. The number of halogens is 1. The van der Waals surface area contributed by atoms with Crippen molar-refractivity contribution in [2.45, 2.75) is 63.3 Å². The summed E-state index contributed by atoms with van der Waals surface area (Å²) in [6, 6.07) is 5.40. The molecule has 1 aliphatic carbocycles. The molecular formula is C17H23ClO3. The Hall–Kier alpha value is -0.770. The molecule has 0 bridgehead atoms. The van der Waals surface area contributed by atoms with Gasteiger partial charge in [0.15, 0.2) is 0 Å². The summed E-state index contributed by atoms with van der Waals surface area (Å²) >= 11 is 6.16. The van der Waals surface area contributed by atoms with E-state index in [4.69, 9.17) is 26.2 Å². The molecule has 1 atom stereocenters. The van der Waals surface area contributed by atoms with E-state index in [1.54, 1.807) is 6.07 Å². The molecule has 0 aromatic heterocycles. The van der Waals surface area contributed by atoms with Crippen LogP contribution in [0.2, 0.25) is 5.02 Å². The van der Waals surface area contributed by atoms with Crippen LogP contribution in [-0.2, 0) is 11.3 Å². The summed E-state index contributed by atoms with van der Waals surface area (Å²) in [5, 5.41) is 9.62. The molecular weight excluding hydrogens is 288 g/mol. The second-order valence-electron chi connectivity index (χ2n) is 6.26. The Kier molecular flexibility index (Phi) is 4.72. The minimum absolute atomic E-state index is 0.00570. The summed E-state index contributed by atoms with van der Waals surface area (Å²) < 4.78 is 12.1. The van der Waals surface area contributed by atoms with Gasteiger partial charge >= 0.3 is 0 Å².